The number of hydrogen-bond acceptors (Lipinski definition) is 2. The quantitative estimate of drug-likeness (QED) is 0.800. The first-order valence-electron chi connectivity index (χ1n) is 7.13. The fourth-order valence-electron chi connectivity index (χ4n) is 2.59. The molecule has 1 aromatic rings. The second-order valence-corrected chi connectivity index (χ2v) is 5.27. The van der Waals surface area contributed by atoms with Crippen molar-refractivity contribution in [3.05, 3.63) is 30.1 Å². The summed E-state index contributed by atoms with van der Waals surface area (Å²) >= 11 is 0. The van der Waals surface area contributed by atoms with E-state index in [0.717, 1.165) is 25.7 Å². The summed E-state index contributed by atoms with van der Waals surface area (Å²) in [5.74, 6) is -0.217. The Morgan fingerprint density at radius 2 is 1.71 bits per heavy atom. The van der Waals surface area contributed by atoms with Gasteiger partial charge in [-0.05, 0) is 49.9 Å². The predicted octanol–water partition coefficient (Wildman–Crippen LogP) is 2.25. The molecule has 6 heteroatoms. The fraction of sp³-hybridized carbons (Fsp3) is 0.467. The number of benzene rings is 1. The van der Waals surface area contributed by atoms with Gasteiger partial charge < -0.3 is 16.0 Å². The van der Waals surface area contributed by atoms with E-state index in [4.69, 9.17) is 0 Å². The highest BCUT2D eigenvalue weighted by Gasteiger charge is 2.26. The zero-order valence-electron chi connectivity index (χ0n) is 12.0. The van der Waals surface area contributed by atoms with Crippen LogP contribution in [0.4, 0.5) is 14.9 Å². The first-order valence-corrected chi connectivity index (χ1v) is 7.13. The molecule has 0 aromatic heterocycles. The molecule has 0 heterocycles. The minimum absolute atomic E-state index is 0.0493. The Bertz CT molecular complexity index is 496. The minimum Gasteiger partial charge on any atom is -0.359 e. The van der Waals surface area contributed by atoms with Crippen LogP contribution in [0.5, 0.6) is 0 Å². The third-order valence-electron chi connectivity index (χ3n) is 3.78. The van der Waals surface area contributed by atoms with Crippen LogP contribution in [0, 0.1) is 11.7 Å². The van der Waals surface area contributed by atoms with E-state index in [1.54, 1.807) is 7.05 Å². The summed E-state index contributed by atoms with van der Waals surface area (Å²) in [4.78, 5) is 23.4. The number of rotatable bonds is 3. The van der Waals surface area contributed by atoms with Gasteiger partial charge in [-0.3, -0.25) is 4.79 Å². The smallest absolute Gasteiger partial charge is 0.319 e. The fourth-order valence-corrected chi connectivity index (χ4v) is 2.59. The average Bonchev–Trinajstić information content (AvgIpc) is 2.49. The van der Waals surface area contributed by atoms with Crippen molar-refractivity contribution in [3.8, 4) is 0 Å². The molecule has 1 aliphatic carbocycles. The third kappa shape index (κ3) is 4.44. The maximum atomic E-state index is 12.8. The van der Waals surface area contributed by atoms with Crippen LogP contribution in [0.1, 0.15) is 25.7 Å². The molecule has 21 heavy (non-hydrogen) atoms. The number of nitrogens with one attached hydrogen (secondary N) is 3. The third-order valence-corrected chi connectivity index (χ3v) is 3.78. The van der Waals surface area contributed by atoms with Crippen LogP contribution in [-0.2, 0) is 4.79 Å². The zero-order valence-corrected chi connectivity index (χ0v) is 12.0. The minimum atomic E-state index is -0.339. The molecule has 1 saturated carbocycles. The van der Waals surface area contributed by atoms with Crippen LogP contribution in [-0.4, -0.2) is 25.0 Å². The van der Waals surface area contributed by atoms with Gasteiger partial charge in [-0.2, -0.15) is 0 Å². The average molecular weight is 293 g/mol. The molecule has 0 unspecified atom stereocenters. The number of halogens is 1. The molecule has 3 amide bonds. The van der Waals surface area contributed by atoms with Crippen molar-refractivity contribution < 1.29 is 14.0 Å². The summed E-state index contributed by atoms with van der Waals surface area (Å²) in [5.41, 5.74) is 0.549. The second kappa shape index (κ2) is 7.06. The first kappa shape index (κ1) is 15.3. The molecule has 114 valence electrons. The molecule has 0 radical (unpaired) electrons. The molecular formula is C15H20FN3O2. The molecule has 0 aliphatic heterocycles. The molecule has 0 spiro atoms. The Kier molecular flexibility index (Phi) is 5.14. The van der Waals surface area contributed by atoms with Crippen molar-refractivity contribution in [2.24, 2.45) is 5.92 Å². The van der Waals surface area contributed by atoms with E-state index in [2.05, 4.69) is 16.0 Å². The lowest BCUT2D eigenvalue weighted by molar-refractivity contribution is -0.125. The molecule has 1 aromatic carbocycles. The molecule has 0 atom stereocenters. The van der Waals surface area contributed by atoms with Crippen LogP contribution < -0.4 is 16.0 Å². The Morgan fingerprint density at radius 3 is 2.29 bits per heavy atom. The highest BCUT2D eigenvalue weighted by molar-refractivity contribution is 5.89. The van der Waals surface area contributed by atoms with Gasteiger partial charge in [0.15, 0.2) is 0 Å². The number of amides is 3. The summed E-state index contributed by atoms with van der Waals surface area (Å²) in [5, 5.41) is 8.21. The van der Waals surface area contributed by atoms with Crippen LogP contribution in [0.15, 0.2) is 24.3 Å². The van der Waals surface area contributed by atoms with Crippen molar-refractivity contribution in [1.82, 2.24) is 10.6 Å². The van der Waals surface area contributed by atoms with Gasteiger partial charge in [-0.25, -0.2) is 9.18 Å². The van der Waals surface area contributed by atoms with E-state index in [0.29, 0.717) is 5.69 Å². The van der Waals surface area contributed by atoms with Gasteiger partial charge in [-0.1, -0.05) is 0 Å². The SMILES string of the molecule is CNC(=O)C1CCC(NC(=O)Nc2ccc(F)cc2)CC1. The summed E-state index contributed by atoms with van der Waals surface area (Å²) in [6.07, 6.45) is 3.13. The van der Waals surface area contributed by atoms with Crippen LogP contribution >= 0.6 is 0 Å². The Balaban J connectivity index is 1.76. The van der Waals surface area contributed by atoms with E-state index < -0.39 is 0 Å². The van der Waals surface area contributed by atoms with E-state index in [9.17, 15) is 14.0 Å². The van der Waals surface area contributed by atoms with Crippen LogP contribution in [0.3, 0.4) is 0 Å². The molecule has 5 nitrogen and oxygen atoms in total. The van der Waals surface area contributed by atoms with Gasteiger partial charge in [0.05, 0.1) is 0 Å². The predicted molar refractivity (Wildman–Crippen MR) is 78.4 cm³/mol. The van der Waals surface area contributed by atoms with Crippen molar-refractivity contribution in [1.29, 1.82) is 0 Å². The summed E-state index contributed by atoms with van der Waals surface area (Å²) in [6, 6.07) is 5.39. The highest BCUT2D eigenvalue weighted by atomic mass is 19.1. The van der Waals surface area contributed by atoms with Gasteiger partial charge in [-0.15, -0.1) is 0 Å². The lowest BCUT2D eigenvalue weighted by Gasteiger charge is -2.28. The van der Waals surface area contributed by atoms with E-state index in [-0.39, 0.29) is 29.7 Å². The van der Waals surface area contributed by atoms with Crippen LogP contribution in [0.2, 0.25) is 0 Å². The zero-order chi connectivity index (χ0) is 15.2. The molecule has 2 rings (SSSR count). The monoisotopic (exact) mass is 293 g/mol. The summed E-state index contributed by atoms with van der Waals surface area (Å²) in [7, 11) is 1.64. The Hall–Kier alpha value is -2.11. The van der Waals surface area contributed by atoms with Gasteiger partial charge >= 0.3 is 6.03 Å². The molecule has 0 bridgehead atoms. The van der Waals surface area contributed by atoms with E-state index in [1.807, 2.05) is 0 Å². The lowest BCUT2D eigenvalue weighted by atomic mass is 9.85. The Labute approximate surface area is 123 Å². The molecule has 0 saturated heterocycles. The highest BCUT2D eigenvalue weighted by Crippen LogP contribution is 2.24. The topological polar surface area (TPSA) is 70.2 Å². The molecule has 3 N–H and O–H groups in total. The maximum absolute atomic E-state index is 12.8. The van der Waals surface area contributed by atoms with Gasteiger partial charge in [0.1, 0.15) is 5.82 Å². The standard InChI is InChI=1S/C15H20FN3O2/c1-17-14(20)10-2-6-12(7-3-10)18-15(21)19-13-8-4-11(16)5-9-13/h4-5,8-10,12H,2-3,6-7H2,1H3,(H,17,20)(H2,18,19,21). The van der Waals surface area contributed by atoms with Crippen LogP contribution in [0.25, 0.3) is 0 Å². The number of anilines is 1. The van der Waals surface area contributed by atoms with Gasteiger partial charge in [0.25, 0.3) is 0 Å². The lowest BCUT2D eigenvalue weighted by Crippen LogP contribution is -2.42. The number of carbonyl (C=O) groups excluding carboxylic acids is 2. The number of urea groups is 1. The van der Waals surface area contributed by atoms with Crippen molar-refractivity contribution in [3.63, 3.8) is 0 Å². The van der Waals surface area contributed by atoms with Crippen molar-refractivity contribution in [2.75, 3.05) is 12.4 Å². The summed E-state index contributed by atoms with van der Waals surface area (Å²) in [6.45, 7) is 0. The van der Waals surface area contributed by atoms with Gasteiger partial charge in [0.2, 0.25) is 5.91 Å². The number of carbonyl (C=O) groups is 2. The van der Waals surface area contributed by atoms with E-state index >= 15 is 0 Å². The first-order chi connectivity index (χ1) is 10.1. The van der Waals surface area contributed by atoms with Gasteiger partial charge in [0, 0.05) is 24.7 Å². The van der Waals surface area contributed by atoms with E-state index in [1.165, 1.54) is 24.3 Å². The maximum Gasteiger partial charge on any atom is 0.319 e. The second-order valence-electron chi connectivity index (χ2n) is 5.27. The molecular weight excluding hydrogens is 273 g/mol. The molecule has 1 aliphatic rings. The van der Waals surface area contributed by atoms with Crippen molar-refractivity contribution in [2.45, 2.75) is 31.7 Å². The summed E-state index contributed by atoms with van der Waals surface area (Å²) < 4.78 is 12.8. The van der Waals surface area contributed by atoms with Crippen molar-refractivity contribution >= 4 is 17.6 Å². The molecule has 1 fully saturated rings. The Morgan fingerprint density at radius 1 is 1.10 bits per heavy atom. The number of hydrogen-bond donors (Lipinski definition) is 3. The normalized spacial score (nSPS) is 21.4. The largest absolute Gasteiger partial charge is 0.359 e.